The fraction of sp³-hybridized carbons (Fsp3) is 0.840. The van der Waals surface area contributed by atoms with Crippen LogP contribution in [0.3, 0.4) is 0 Å². The summed E-state index contributed by atoms with van der Waals surface area (Å²) in [6.45, 7) is 26.3. The summed E-state index contributed by atoms with van der Waals surface area (Å²) in [7, 11) is 1.31. The Hall–Kier alpha value is -4.92. The van der Waals surface area contributed by atoms with Crippen LogP contribution in [0.25, 0.3) is 0 Å². The van der Waals surface area contributed by atoms with Gasteiger partial charge < -0.3 is 95.1 Å². The van der Waals surface area contributed by atoms with Gasteiger partial charge in [-0.1, -0.05) is 0 Å². The lowest BCUT2D eigenvalue weighted by Crippen LogP contribution is -2.71. The first-order chi connectivity index (χ1) is 34.1. The molecule has 25 nitrogen and oxygen atoms in total. The maximum atomic E-state index is 14.0. The molecule has 1 aliphatic carbocycles. The van der Waals surface area contributed by atoms with Crippen molar-refractivity contribution in [2.45, 2.75) is 225 Å². The number of hydrogen-bond acceptors (Lipinski definition) is 19. The van der Waals surface area contributed by atoms with E-state index >= 15 is 0 Å². The quantitative estimate of drug-likeness (QED) is 0.0785. The van der Waals surface area contributed by atoms with Gasteiger partial charge in [0.1, 0.15) is 63.8 Å². The molecular formula is C50H89N7O18. The number of carbonyl (C=O) groups is 6. The molecule has 0 aromatic heterocycles. The Morgan fingerprint density at radius 2 is 1.19 bits per heavy atom. The summed E-state index contributed by atoms with van der Waals surface area (Å²) in [6.07, 6.45) is -12.8. The van der Waals surface area contributed by atoms with E-state index in [-0.39, 0.29) is 45.4 Å². The van der Waals surface area contributed by atoms with E-state index in [1.165, 1.54) is 14.0 Å². The second-order valence-corrected chi connectivity index (χ2v) is 24.4. The maximum Gasteiger partial charge on any atom is 0.410 e. The normalized spacial score (nSPS) is 27.9. The molecular weight excluding hydrogens is 987 g/mol. The lowest BCUT2D eigenvalue weighted by molar-refractivity contribution is -0.305. The third-order valence-electron chi connectivity index (χ3n) is 11.3. The first-order valence-electron chi connectivity index (χ1n) is 25.4. The predicted octanol–water partition coefficient (Wildman–Crippen LogP) is 2.79. The SMILES string of the molecule is CN(C(=O)OC(C)(C)C)[C@@H]1[C@@H](O)[C@@H](O[C@@H]2[C@@H](O)[C@H](C3OC(CNCCNC(=O)OC(C)(C)C)=CC[C@H]3NC(=O)OC(C)(C)C)[C@@H](NC(=O)OC(C)(C)C)C[C@H]2NC(=O)[C@@H](O)CCNC(=O)OC(C)(C)C)OC[C@]1(C)O. The number of aliphatic hydroxyl groups excluding tert-OH is 3. The van der Waals surface area contributed by atoms with Gasteiger partial charge in [-0.15, -0.1) is 0 Å². The molecule has 75 heavy (non-hydrogen) atoms. The first-order valence-corrected chi connectivity index (χ1v) is 25.4. The van der Waals surface area contributed by atoms with Crippen LogP contribution in [0.4, 0.5) is 24.0 Å². The van der Waals surface area contributed by atoms with E-state index in [1.807, 2.05) is 0 Å². The molecule has 1 saturated carbocycles. The highest BCUT2D eigenvalue weighted by molar-refractivity contribution is 5.81. The summed E-state index contributed by atoms with van der Waals surface area (Å²) in [6, 6.07) is -4.93. The second kappa shape index (κ2) is 25.9. The highest BCUT2D eigenvalue weighted by atomic mass is 16.7. The summed E-state index contributed by atoms with van der Waals surface area (Å²) in [5.74, 6) is -1.91. The van der Waals surface area contributed by atoms with E-state index in [9.17, 15) is 49.2 Å². The largest absolute Gasteiger partial charge is 0.491 e. The minimum absolute atomic E-state index is 0.0898. The highest BCUT2D eigenvalue weighted by Crippen LogP contribution is 2.39. The summed E-state index contributed by atoms with van der Waals surface area (Å²) >= 11 is 0. The van der Waals surface area contributed by atoms with Crippen LogP contribution < -0.4 is 31.9 Å². The molecule has 1 unspecified atom stereocenters. The number of aliphatic hydroxyl groups is 4. The van der Waals surface area contributed by atoms with Crippen molar-refractivity contribution in [2.24, 2.45) is 5.92 Å². The molecule has 3 rings (SSSR count). The van der Waals surface area contributed by atoms with Crippen molar-refractivity contribution in [3.8, 4) is 0 Å². The zero-order valence-electron chi connectivity index (χ0n) is 47.0. The lowest BCUT2D eigenvalue weighted by Gasteiger charge is -2.52. The van der Waals surface area contributed by atoms with Crippen LogP contribution in [0.2, 0.25) is 0 Å². The Balaban J connectivity index is 2.14. The van der Waals surface area contributed by atoms with Crippen LogP contribution >= 0.6 is 0 Å². The van der Waals surface area contributed by atoms with Crippen molar-refractivity contribution >= 4 is 36.4 Å². The molecule has 0 aromatic rings. The summed E-state index contributed by atoms with van der Waals surface area (Å²) in [5.41, 5.74) is -6.31. The number of nitrogens with one attached hydrogen (secondary N) is 6. The van der Waals surface area contributed by atoms with E-state index < -0.39 is 143 Å². The highest BCUT2D eigenvalue weighted by Gasteiger charge is 2.56. The van der Waals surface area contributed by atoms with Crippen LogP contribution in [-0.2, 0) is 42.7 Å². The average molecular weight is 1080 g/mol. The lowest BCUT2D eigenvalue weighted by atomic mass is 9.72. The minimum atomic E-state index is -1.88. The molecule has 0 spiro atoms. The molecule has 10 N–H and O–H groups in total. The Labute approximate surface area is 441 Å². The summed E-state index contributed by atoms with van der Waals surface area (Å²) in [5, 5.41) is 64.4. The van der Waals surface area contributed by atoms with Gasteiger partial charge in [0.15, 0.2) is 6.29 Å². The fourth-order valence-corrected chi connectivity index (χ4v) is 8.51. The number of rotatable bonds is 16. The van der Waals surface area contributed by atoms with Crippen molar-refractivity contribution in [3.05, 3.63) is 11.8 Å². The second-order valence-electron chi connectivity index (χ2n) is 24.4. The van der Waals surface area contributed by atoms with E-state index in [0.717, 1.165) is 4.90 Å². The number of amides is 6. The zero-order chi connectivity index (χ0) is 57.2. The third-order valence-corrected chi connectivity index (χ3v) is 11.3. The number of ether oxygens (including phenoxy) is 8. The summed E-state index contributed by atoms with van der Waals surface area (Å²) < 4.78 is 46.5. The Morgan fingerprint density at radius 3 is 1.71 bits per heavy atom. The van der Waals surface area contributed by atoms with Gasteiger partial charge in [-0.3, -0.25) is 4.79 Å². The van der Waals surface area contributed by atoms with Crippen molar-refractivity contribution in [3.63, 3.8) is 0 Å². The molecule has 0 aromatic carbocycles. The van der Waals surface area contributed by atoms with Gasteiger partial charge in [0, 0.05) is 38.6 Å². The number of alkyl carbamates (subject to hydrolysis) is 4. The molecule has 6 amide bonds. The van der Waals surface area contributed by atoms with Gasteiger partial charge in [-0.05, 0) is 136 Å². The first kappa shape index (κ1) is 64.4. The average Bonchev–Trinajstić information content (AvgIpc) is 3.20. The number of hydrogen-bond donors (Lipinski definition) is 10. The van der Waals surface area contributed by atoms with Gasteiger partial charge in [-0.25, -0.2) is 24.0 Å². The predicted molar refractivity (Wildman–Crippen MR) is 271 cm³/mol. The van der Waals surface area contributed by atoms with Gasteiger partial charge in [0.05, 0.1) is 37.4 Å². The molecule has 2 heterocycles. The topological polar surface area (TPSA) is 333 Å². The van der Waals surface area contributed by atoms with Gasteiger partial charge in [-0.2, -0.15) is 0 Å². The Kier molecular flexibility index (Phi) is 22.3. The van der Waals surface area contributed by atoms with Crippen molar-refractivity contribution in [2.75, 3.05) is 39.8 Å². The van der Waals surface area contributed by atoms with Crippen LogP contribution in [0, 0.1) is 5.92 Å². The van der Waals surface area contributed by atoms with E-state index in [2.05, 4.69) is 31.9 Å². The van der Waals surface area contributed by atoms with Crippen molar-refractivity contribution < 1.29 is 87.1 Å². The third kappa shape index (κ3) is 21.9. The Morgan fingerprint density at radius 1 is 0.693 bits per heavy atom. The molecule has 0 radical (unpaired) electrons. The number of likely N-dealkylation sites (N-methyl/N-ethyl adjacent to an activating group) is 1. The molecule has 2 fully saturated rings. The number of carbonyl (C=O) groups excluding carboxylic acids is 6. The van der Waals surface area contributed by atoms with E-state index in [0.29, 0.717) is 5.76 Å². The molecule has 0 bridgehead atoms. The minimum Gasteiger partial charge on any atom is -0.491 e. The number of nitrogens with zero attached hydrogens (tertiary/aromatic N) is 1. The van der Waals surface area contributed by atoms with E-state index in [1.54, 1.807) is 110 Å². The Bertz CT molecular complexity index is 1970. The molecule has 2 aliphatic heterocycles. The summed E-state index contributed by atoms with van der Waals surface area (Å²) in [4.78, 5) is 80.3. The standard InChI is InChI=1S/C50H89N7O18/c1-45(2,3)71-40(62)52-21-20-31(58)38(61)54-30-24-29(56-43(65)74-48(10,11)12)32(33(59)36(30)70-39-34(60)37(50(16,67)26-68-39)57(17)44(66)75-49(13,14)15)35-28(55-42(64)73-47(7,8)9)19-18-27(69-35)25-51-22-23-53-41(63)72-46(4,5)6/h18,28-37,39,51,58-60,67H,19-26H2,1-17H3,(H,52,62)(H,53,63)(H,54,61)(H,55,64)(H,56,65)/t28-,29+,30-,31+,32-,33+,34-,35?,36+,37-,39-,50+/m1/s1. The molecule has 3 aliphatic rings. The molecule has 25 heteroatoms. The van der Waals surface area contributed by atoms with Gasteiger partial charge in [0.2, 0.25) is 5.91 Å². The van der Waals surface area contributed by atoms with Crippen LogP contribution in [-0.4, -0.2) is 196 Å². The maximum absolute atomic E-state index is 14.0. The van der Waals surface area contributed by atoms with Gasteiger partial charge >= 0.3 is 30.5 Å². The molecule has 432 valence electrons. The molecule has 1 saturated heterocycles. The smallest absolute Gasteiger partial charge is 0.410 e. The monoisotopic (exact) mass is 1080 g/mol. The zero-order valence-corrected chi connectivity index (χ0v) is 47.0. The fourth-order valence-electron chi connectivity index (χ4n) is 8.51. The van der Waals surface area contributed by atoms with E-state index in [4.69, 9.17) is 37.9 Å². The van der Waals surface area contributed by atoms with Gasteiger partial charge in [0.25, 0.3) is 0 Å². The van der Waals surface area contributed by atoms with Crippen molar-refractivity contribution in [1.82, 2.24) is 36.8 Å². The molecule has 12 atom stereocenters. The van der Waals surface area contributed by atoms with Crippen LogP contribution in [0.5, 0.6) is 0 Å². The van der Waals surface area contributed by atoms with Crippen LogP contribution in [0.15, 0.2) is 11.8 Å². The van der Waals surface area contributed by atoms with Crippen molar-refractivity contribution in [1.29, 1.82) is 0 Å². The van der Waals surface area contributed by atoms with Crippen LogP contribution in [0.1, 0.15) is 130 Å².